The molecule has 0 spiro atoms. The van der Waals surface area contributed by atoms with E-state index in [9.17, 15) is 14.4 Å². The normalized spacial score (nSPS) is 11.7. The number of thiophene rings is 1. The van der Waals surface area contributed by atoms with Crippen molar-refractivity contribution in [3.63, 3.8) is 0 Å². The summed E-state index contributed by atoms with van der Waals surface area (Å²) in [4.78, 5) is 34.9. The molecule has 1 unspecified atom stereocenters. The summed E-state index contributed by atoms with van der Waals surface area (Å²) in [5, 5.41) is 15.2. The zero-order chi connectivity index (χ0) is 15.1. The molecule has 1 aromatic rings. The van der Waals surface area contributed by atoms with E-state index in [1.54, 1.807) is 7.05 Å². The molecule has 8 heteroatoms. The van der Waals surface area contributed by atoms with Gasteiger partial charge in [-0.2, -0.15) is 11.3 Å². The molecule has 1 atom stereocenters. The van der Waals surface area contributed by atoms with E-state index in [1.165, 1.54) is 16.2 Å². The van der Waals surface area contributed by atoms with Crippen molar-refractivity contribution < 1.29 is 19.5 Å². The SMILES string of the molecule is CN(Cc1ccsc1)C(=O)NC(CCC(N)=O)C(=O)O. The molecule has 20 heavy (non-hydrogen) atoms. The third-order valence-corrected chi connectivity index (χ3v) is 3.35. The first-order valence-corrected chi connectivity index (χ1v) is 6.88. The Bertz CT molecular complexity index is 475. The molecule has 0 aliphatic rings. The van der Waals surface area contributed by atoms with Crippen LogP contribution in [0.15, 0.2) is 16.8 Å². The van der Waals surface area contributed by atoms with Crippen LogP contribution in [0, 0.1) is 0 Å². The van der Waals surface area contributed by atoms with Crippen LogP contribution in [-0.2, 0) is 16.1 Å². The summed E-state index contributed by atoms with van der Waals surface area (Å²) in [5.41, 5.74) is 5.94. The van der Waals surface area contributed by atoms with Gasteiger partial charge in [-0.15, -0.1) is 0 Å². The molecule has 0 saturated heterocycles. The second-order valence-electron chi connectivity index (χ2n) is 4.33. The first kappa shape index (κ1) is 16.0. The van der Waals surface area contributed by atoms with Crippen LogP contribution in [0.5, 0.6) is 0 Å². The highest BCUT2D eigenvalue weighted by molar-refractivity contribution is 7.07. The van der Waals surface area contributed by atoms with Gasteiger partial charge in [-0.3, -0.25) is 4.79 Å². The van der Waals surface area contributed by atoms with Gasteiger partial charge in [-0.25, -0.2) is 9.59 Å². The number of primary amides is 1. The van der Waals surface area contributed by atoms with Crippen molar-refractivity contribution in [3.8, 4) is 0 Å². The molecule has 110 valence electrons. The van der Waals surface area contributed by atoms with Gasteiger partial charge in [0.05, 0.1) is 0 Å². The largest absolute Gasteiger partial charge is 0.480 e. The number of nitrogens with zero attached hydrogens (tertiary/aromatic N) is 1. The molecule has 4 N–H and O–H groups in total. The Morgan fingerprint density at radius 2 is 2.20 bits per heavy atom. The minimum Gasteiger partial charge on any atom is -0.480 e. The third kappa shape index (κ3) is 5.27. The first-order valence-electron chi connectivity index (χ1n) is 5.94. The maximum absolute atomic E-state index is 11.9. The van der Waals surface area contributed by atoms with Gasteiger partial charge < -0.3 is 21.1 Å². The molecule has 0 aliphatic heterocycles. The van der Waals surface area contributed by atoms with Crippen molar-refractivity contribution in [2.45, 2.75) is 25.4 Å². The van der Waals surface area contributed by atoms with Crippen LogP contribution >= 0.6 is 11.3 Å². The van der Waals surface area contributed by atoms with Gasteiger partial charge in [0.2, 0.25) is 5.91 Å². The number of hydrogen-bond donors (Lipinski definition) is 3. The van der Waals surface area contributed by atoms with Crippen molar-refractivity contribution in [2.24, 2.45) is 5.73 Å². The molecule has 1 aromatic heterocycles. The van der Waals surface area contributed by atoms with Gasteiger partial charge in [0, 0.05) is 20.0 Å². The van der Waals surface area contributed by atoms with Crippen molar-refractivity contribution in [2.75, 3.05) is 7.05 Å². The van der Waals surface area contributed by atoms with Crippen molar-refractivity contribution >= 4 is 29.2 Å². The molecule has 0 aliphatic carbocycles. The summed E-state index contributed by atoms with van der Waals surface area (Å²) in [6, 6.07) is 0.254. The van der Waals surface area contributed by atoms with E-state index < -0.39 is 23.9 Å². The van der Waals surface area contributed by atoms with Gasteiger partial charge in [-0.1, -0.05) is 0 Å². The lowest BCUT2D eigenvalue weighted by atomic mass is 10.1. The number of carbonyl (C=O) groups excluding carboxylic acids is 2. The number of urea groups is 1. The highest BCUT2D eigenvalue weighted by atomic mass is 32.1. The van der Waals surface area contributed by atoms with Gasteiger partial charge in [-0.05, 0) is 28.8 Å². The number of nitrogens with two attached hydrogens (primary N) is 1. The molecule has 0 bridgehead atoms. The van der Waals surface area contributed by atoms with Crippen molar-refractivity contribution in [3.05, 3.63) is 22.4 Å². The van der Waals surface area contributed by atoms with Crippen LogP contribution in [0.4, 0.5) is 4.79 Å². The molecule has 1 heterocycles. The summed E-state index contributed by atoms with van der Waals surface area (Å²) in [6.45, 7) is 0.386. The fourth-order valence-electron chi connectivity index (χ4n) is 1.53. The number of carbonyl (C=O) groups is 3. The topological polar surface area (TPSA) is 113 Å². The summed E-state index contributed by atoms with van der Waals surface area (Å²) in [7, 11) is 1.57. The van der Waals surface area contributed by atoms with Crippen molar-refractivity contribution in [1.82, 2.24) is 10.2 Å². The molecule has 7 nitrogen and oxygen atoms in total. The quantitative estimate of drug-likeness (QED) is 0.684. The molecular weight excluding hydrogens is 282 g/mol. The van der Waals surface area contributed by atoms with E-state index in [2.05, 4.69) is 5.32 Å². The number of rotatable bonds is 7. The minimum absolute atomic E-state index is 0.0251. The van der Waals surface area contributed by atoms with Crippen LogP contribution in [0.2, 0.25) is 0 Å². The standard InChI is InChI=1S/C12H17N3O4S/c1-15(6-8-4-5-20-7-8)12(19)14-9(11(17)18)2-3-10(13)16/h4-5,7,9H,2-3,6H2,1H3,(H2,13,16)(H,14,19)(H,17,18). The Morgan fingerprint density at radius 1 is 1.50 bits per heavy atom. The lowest BCUT2D eigenvalue weighted by molar-refractivity contribution is -0.139. The zero-order valence-electron chi connectivity index (χ0n) is 11.0. The fourth-order valence-corrected chi connectivity index (χ4v) is 2.19. The Kier molecular flexibility index (Phi) is 5.98. The average molecular weight is 299 g/mol. The van der Waals surface area contributed by atoms with E-state index in [0.717, 1.165) is 5.56 Å². The summed E-state index contributed by atoms with van der Waals surface area (Å²) in [5.74, 6) is -1.79. The number of nitrogens with one attached hydrogen (secondary N) is 1. The van der Waals surface area contributed by atoms with Crippen LogP contribution < -0.4 is 11.1 Å². The van der Waals surface area contributed by atoms with Gasteiger partial charge in [0.1, 0.15) is 6.04 Å². The summed E-state index contributed by atoms with van der Waals surface area (Å²) >= 11 is 1.52. The number of hydrogen-bond acceptors (Lipinski definition) is 4. The zero-order valence-corrected chi connectivity index (χ0v) is 11.9. The minimum atomic E-state index is -1.19. The highest BCUT2D eigenvalue weighted by Gasteiger charge is 2.22. The van der Waals surface area contributed by atoms with Crippen LogP contribution in [-0.4, -0.2) is 41.0 Å². The molecule has 0 radical (unpaired) electrons. The maximum Gasteiger partial charge on any atom is 0.326 e. The van der Waals surface area contributed by atoms with E-state index in [0.29, 0.717) is 6.54 Å². The van der Waals surface area contributed by atoms with E-state index in [4.69, 9.17) is 10.8 Å². The maximum atomic E-state index is 11.9. The lowest BCUT2D eigenvalue weighted by Gasteiger charge is -2.20. The van der Waals surface area contributed by atoms with E-state index in [1.807, 2.05) is 16.8 Å². The van der Waals surface area contributed by atoms with Crippen LogP contribution in [0.1, 0.15) is 18.4 Å². The van der Waals surface area contributed by atoms with Gasteiger partial charge in [0.25, 0.3) is 0 Å². The van der Waals surface area contributed by atoms with Crippen molar-refractivity contribution in [1.29, 1.82) is 0 Å². The van der Waals surface area contributed by atoms with Crippen LogP contribution in [0.3, 0.4) is 0 Å². The second kappa shape index (κ2) is 7.49. The van der Waals surface area contributed by atoms with E-state index >= 15 is 0 Å². The molecule has 0 fully saturated rings. The molecule has 0 saturated carbocycles. The van der Waals surface area contributed by atoms with Gasteiger partial charge in [0.15, 0.2) is 0 Å². The highest BCUT2D eigenvalue weighted by Crippen LogP contribution is 2.08. The monoisotopic (exact) mass is 299 g/mol. The predicted octanol–water partition coefficient (Wildman–Crippen LogP) is 0.608. The molecule has 3 amide bonds. The first-order chi connectivity index (χ1) is 9.40. The molecule has 0 aromatic carbocycles. The second-order valence-corrected chi connectivity index (χ2v) is 5.11. The Balaban J connectivity index is 2.52. The average Bonchev–Trinajstić information content (AvgIpc) is 2.86. The van der Waals surface area contributed by atoms with E-state index in [-0.39, 0.29) is 12.8 Å². The van der Waals surface area contributed by atoms with Crippen LogP contribution in [0.25, 0.3) is 0 Å². The number of carboxylic acids is 1. The smallest absolute Gasteiger partial charge is 0.326 e. The Hall–Kier alpha value is -2.09. The fraction of sp³-hybridized carbons (Fsp3) is 0.417. The third-order valence-electron chi connectivity index (χ3n) is 2.62. The Labute approximate surface area is 120 Å². The number of amides is 3. The Morgan fingerprint density at radius 3 is 2.70 bits per heavy atom. The number of aliphatic carboxylic acids is 1. The molecular formula is C12H17N3O4S. The summed E-state index contributed by atoms with van der Waals surface area (Å²) in [6.07, 6.45) is -0.117. The van der Waals surface area contributed by atoms with Gasteiger partial charge >= 0.3 is 12.0 Å². The molecule has 1 rings (SSSR count). The summed E-state index contributed by atoms with van der Waals surface area (Å²) < 4.78 is 0. The lowest BCUT2D eigenvalue weighted by Crippen LogP contribution is -2.46. The number of carboxylic acid groups (broad SMARTS) is 1. The predicted molar refractivity (Wildman–Crippen MR) is 74.2 cm³/mol.